The zero-order valence-corrected chi connectivity index (χ0v) is 19.0. The third-order valence-electron chi connectivity index (χ3n) is 4.56. The van der Waals surface area contributed by atoms with E-state index in [4.69, 9.17) is 5.26 Å². The van der Waals surface area contributed by atoms with Crippen molar-refractivity contribution in [2.45, 2.75) is 57.4 Å². The van der Waals surface area contributed by atoms with Crippen molar-refractivity contribution in [1.29, 1.82) is 5.26 Å². The number of benzene rings is 1. The molecule has 1 fully saturated rings. The molecule has 3 atom stereocenters. The first-order chi connectivity index (χ1) is 12.6. The summed E-state index contributed by atoms with van der Waals surface area (Å²) in [5.41, 5.74) is 0.757. The van der Waals surface area contributed by atoms with Gasteiger partial charge in [0.2, 0.25) is 0 Å². The predicted octanol–water partition coefficient (Wildman–Crippen LogP) is 3.45. The number of rotatable bonds is 6. The summed E-state index contributed by atoms with van der Waals surface area (Å²) in [6.07, 6.45) is 3.96. The van der Waals surface area contributed by atoms with E-state index in [-0.39, 0.29) is 41.8 Å². The quantitative estimate of drug-likeness (QED) is 0.352. The van der Waals surface area contributed by atoms with Gasteiger partial charge in [-0.3, -0.25) is 4.21 Å². The standard InChI is InChI=1S/C19H27FN4OS.HI/c1-3-22-19(23-13-15-9-8-14(12-21)10-18(15)20)24-16-6-5-7-17(11-16)26(25)4-2;/h8-10,16-17H,3-7,11,13H2,1-2H3,(H2,22,23,24);1H. The van der Waals surface area contributed by atoms with Gasteiger partial charge in [0.1, 0.15) is 5.82 Å². The lowest BCUT2D eigenvalue weighted by Crippen LogP contribution is -2.46. The van der Waals surface area contributed by atoms with E-state index in [0.717, 1.165) is 25.7 Å². The lowest BCUT2D eigenvalue weighted by Gasteiger charge is -2.30. The Morgan fingerprint density at radius 1 is 1.41 bits per heavy atom. The summed E-state index contributed by atoms with van der Waals surface area (Å²) in [6, 6.07) is 6.59. The molecular weight excluding hydrogens is 478 g/mol. The van der Waals surface area contributed by atoms with Gasteiger partial charge in [0.05, 0.1) is 18.2 Å². The third kappa shape index (κ3) is 7.37. The zero-order valence-electron chi connectivity index (χ0n) is 15.8. The SMILES string of the molecule is CCNC(=NCc1ccc(C#N)cc1F)NC1CCCC(S(=O)CC)C1.I. The van der Waals surface area contributed by atoms with Gasteiger partial charge >= 0.3 is 0 Å². The minimum absolute atomic E-state index is 0. The van der Waals surface area contributed by atoms with Crippen molar-refractivity contribution in [2.75, 3.05) is 12.3 Å². The highest BCUT2D eigenvalue weighted by Gasteiger charge is 2.26. The van der Waals surface area contributed by atoms with E-state index in [1.54, 1.807) is 12.1 Å². The van der Waals surface area contributed by atoms with E-state index in [9.17, 15) is 8.60 Å². The number of halogens is 2. The van der Waals surface area contributed by atoms with Crippen LogP contribution < -0.4 is 10.6 Å². The molecule has 0 bridgehead atoms. The van der Waals surface area contributed by atoms with E-state index >= 15 is 0 Å². The maximum Gasteiger partial charge on any atom is 0.191 e. The van der Waals surface area contributed by atoms with Crippen molar-refractivity contribution >= 4 is 40.7 Å². The molecule has 5 nitrogen and oxygen atoms in total. The van der Waals surface area contributed by atoms with Crippen molar-refractivity contribution in [2.24, 2.45) is 4.99 Å². The fraction of sp³-hybridized carbons (Fsp3) is 0.579. The van der Waals surface area contributed by atoms with Crippen LogP contribution in [0.3, 0.4) is 0 Å². The molecule has 0 saturated heterocycles. The molecule has 27 heavy (non-hydrogen) atoms. The monoisotopic (exact) mass is 506 g/mol. The number of nitrogens with zero attached hydrogens (tertiary/aromatic N) is 2. The van der Waals surface area contributed by atoms with Crippen molar-refractivity contribution in [3.8, 4) is 6.07 Å². The first kappa shape index (κ1) is 23.8. The van der Waals surface area contributed by atoms with Crippen LogP contribution in [0.4, 0.5) is 4.39 Å². The van der Waals surface area contributed by atoms with Crippen molar-refractivity contribution in [1.82, 2.24) is 10.6 Å². The molecule has 0 amide bonds. The highest BCUT2D eigenvalue weighted by atomic mass is 127. The molecular formula is C19H28FIN4OS. The minimum Gasteiger partial charge on any atom is -0.357 e. The van der Waals surface area contributed by atoms with Gasteiger partial charge in [-0.25, -0.2) is 9.38 Å². The number of hydrogen-bond donors (Lipinski definition) is 2. The molecule has 1 aliphatic carbocycles. The molecule has 0 spiro atoms. The summed E-state index contributed by atoms with van der Waals surface area (Å²) in [5, 5.41) is 15.7. The summed E-state index contributed by atoms with van der Waals surface area (Å²) < 4.78 is 26.1. The number of hydrogen-bond acceptors (Lipinski definition) is 3. The first-order valence-corrected chi connectivity index (χ1v) is 10.6. The zero-order chi connectivity index (χ0) is 18.9. The van der Waals surface area contributed by atoms with Crippen molar-refractivity contribution in [3.63, 3.8) is 0 Å². The molecule has 0 aromatic heterocycles. The Balaban J connectivity index is 0.00000364. The Kier molecular flexibility index (Phi) is 10.8. The molecule has 1 aromatic rings. The van der Waals surface area contributed by atoms with E-state index in [0.29, 0.717) is 29.4 Å². The maximum atomic E-state index is 14.0. The minimum atomic E-state index is -0.769. The summed E-state index contributed by atoms with van der Waals surface area (Å²) in [6.45, 7) is 4.85. The van der Waals surface area contributed by atoms with Gasteiger partial charge in [0.25, 0.3) is 0 Å². The Morgan fingerprint density at radius 2 is 2.19 bits per heavy atom. The molecule has 1 aromatic carbocycles. The second-order valence-electron chi connectivity index (χ2n) is 6.41. The van der Waals surface area contributed by atoms with Crippen molar-refractivity contribution in [3.05, 3.63) is 35.1 Å². The average Bonchev–Trinajstić information content (AvgIpc) is 2.66. The highest BCUT2D eigenvalue weighted by molar-refractivity contribution is 14.0. The molecule has 2 N–H and O–H groups in total. The summed E-state index contributed by atoms with van der Waals surface area (Å²) >= 11 is 0. The second kappa shape index (κ2) is 12.3. The van der Waals surface area contributed by atoms with Gasteiger partial charge in [0.15, 0.2) is 5.96 Å². The van der Waals surface area contributed by atoms with E-state index < -0.39 is 16.6 Å². The summed E-state index contributed by atoms with van der Waals surface area (Å²) in [5.74, 6) is 0.924. The largest absolute Gasteiger partial charge is 0.357 e. The fourth-order valence-electron chi connectivity index (χ4n) is 3.17. The molecule has 0 heterocycles. The van der Waals surface area contributed by atoms with Gasteiger partial charge in [0, 0.05) is 40.0 Å². The molecule has 2 rings (SSSR count). The third-order valence-corrected chi connectivity index (χ3v) is 6.30. The fourth-order valence-corrected chi connectivity index (χ4v) is 4.52. The molecule has 0 radical (unpaired) electrons. The lowest BCUT2D eigenvalue weighted by molar-refractivity contribution is 0.413. The van der Waals surface area contributed by atoms with Gasteiger partial charge in [-0.1, -0.05) is 19.4 Å². The summed E-state index contributed by atoms with van der Waals surface area (Å²) in [4.78, 5) is 4.48. The van der Waals surface area contributed by atoms with Crippen LogP contribution in [-0.4, -0.2) is 33.8 Å². The molecule has 0 aliphatic heterocycles. The Morgan fingerprint density at radius 3 is 2.81 bits per heavy atom. The smallest absolute Gasteiger partial charge is 0.191 e. The Labute approximate surface area is 180 Å². The molecule has 8 heteroatoms. The molecule has 3 unspecified atom stereocenters. The number of nitriles is 1. The van der Waals surface area contributed by atoms with Crippen LogP contribution in [0.2, 0.25) is 0 Å². The van der Waals surface area contributed by atoms with Gasteiger partial charge in [-0.2, -0.15) is 5.26 Å². The van der Waals surface area contributed by atoms with Crippen LogP contribution in [0.1, 0.15) is 50.7 Å². The number of nitrogens with one attached hydrogen (secondary N) is 2. The number of guanidine groups is 1. The van der Waals surface area contributed by atoms with Crippen LogP contribution in [0.25, 0.3) is 0 Å². The van der Waals surface area contributed by atoms with Crippen LogP contribution >= 0.6 is 24.0 Å². The van der Waals surface area contributed by atoms with Crippen LogP contribution in [-0.2, 0) is 17.3 Å². The topological polar surface area (TPSA) is 77.3 Å². The van der Waals surface area contributed by atoms with Crippen molar-refractivity contribution < 1.29 is 8.60 Å². The Hall–Kier alpha value is -1.21. The average molecular weight is 506 g/mol. The van der Waals surface area contributed by atoms with Crippen LogP contribution in [0, 0.1) is 17.1 Å². The van der Waals surface area contributed by atoms with Crippen LogP contribution in [0.5, 0.6) is 0 Å². The molecule has 1 saturated carbocycles. The summed E-state index contributed by atoms with van der Waals surface area (Å²) in [7, 11) is -0.769. The van der Waals surface area contributed by atoms with Crippen LogP contribution in [0.15, 0.2) is 23.2 Å². The maximum absolute atomic E-state index is 14.0. The predicted molar refractivity (Wildman–Crippen MR) is 119 cm³/mol. The first-order valence-electron chi connectivity index (χ1n) is 9.17. The van der Waals surface area contributed by atoms with E-state index in [2.05, 4.69) is 15.6 Å². The normalized spacial score (nSPS) is 20.9. The van der Waals surface area contributed by atoms with E-state index in [1.807, 2.05) is 19.9 Å². The van der Waals surface area contributed by atoms with Gasteiger partial charge < -0.3 is 10.6 Å². The molecule has 1 aliphatic rings. The van der Waals surface area contributed by atoms with E-state index in [1.165, 1.54) is 6.07 Å². The Bertz CT molecular complexity index is 707. The number of aliphatic imine (C=N–C) groups is 1. The molecule has 150 valence electrons. The highest BCUT2D eigenvalue weighted by Crippen LogP contribution is 2.23. The van der Waals surface area contributed by atoms with Gasteiger partial charge in [-0.15, -0.1) is 24.0 Å². The van der Waals surface area contributed by atoms with Gasteiger partial charge in [-0.05, 0) is 38.3 Å². The lowest BCUT2D eigenvalue weighted by atomic mass is 9.95. The second-order valence-corrected chi connectivity index (χ2v) is 8.42.